The molecule has 3 rings (SSSR count). The summed E-state index contributed by atoms with van der Waals surface area (Å²) in [5.74, 6) is 0.842. The zero-order valence-corrected chi connectivity index (χ0v) is 17.3. The highest BCUT2D eigenvalue weighted by molar-refractivity contribution is 6.03. The molecule has 0 saturated heterocycles. The van der Waals surface area contributed by atoms with Crippen molar-refractivity contribution >= 4 is 23.0 Å². The summed E-state index contributed by atoms with van der Waals surface area (Å²) in [4.78, 5) is 16.8. The highest BCUT2D eigenvalue weighted by Crippen LogP contribution is 2.30. The first-order valence-corrected chi connectivity index (χ1v) is 9.25. The van der Waals surface area contributed by atoms with Gasteiger partial charge in [-0.1, -0.05) is 17.7 Å². The number of anilines is 3. The van der Waals surface area contributed by atoms with E-state index in [1.165, 1.54) is 5.56 Å². The molecule has 0 atom stereocenters. The molecule has 2 N–H and O–H groups in total. The van der Waals surface area contributed by atoms with Crippen LogP contribution in [0.4, 0.5) is 17.1 Å². The highest BCUT2D eigenvalue weighted by atomic mass is 16.5. The lowest BCUT2D eigenvalue weighted by atomic mass is 10.0. The van der Waals surface area contributed by atoms with Gasteiger partial charge in [0.15, 0.2) is 11.5 Å². The summed E-state index contributed by atoms with van der Waals surface area (Å²) >= 11 is 0. The molecule has 0 bridgehead atoms. The quantitative estimate of drug-likeness (QED) is 0.617. The van der Waals surface area contributed by atoms with Crippen LogP contribution in [0.2, 0.25) is 0 Å². The molecule has 0 radical (unpaired) electrons. The van der Waals surface area contributed by atoms with Gasteiger partial charge in [0.2, 0.25) is 0 Å². The smallest absolute Gasteiger partial charge is 0.274 e. The Morgan fingerprint density at radius 3 is 2.10 bits per heavy atom. The summed E-state index contributed by atoms with van der Waals surface area (Å²) in [6.07, 6.45) is 1.66. The van der Waals surface area contributed by atoms with Crippen molar-refractivity contribution in [1.29, 1.82) is 0 Å². The van der Waals surface area contributed by atoms with Crippen molar-refractivity contribution < 1.29 is 14.3 Å². The molecule has 1 amide bonds. The monoisotopic (exact) mass is 391 g/mol. The lowest BCUT2D eigenvalue weighted by Gasteiger charge is -2.14. The number of amides is 1. The molecule has 0 spiro atoms. The zero-order valence-electron chi connectivity index (χ0n) is 17.3. The molecule has 1 heterocycles. The maximum absolute atomic E-state index is 12.5. The van der Waals surface area contributed by atoms with E-state index in [4.69, 9.17) is 9.47 Å². The third-order valence-electron chi connectivity index (χ3n) is 4.58. The van der Waals surface area contributed by atoms with Crippen LogP contribution in [0, 0.1) is 20.8 Å². The van der Waals surface area contributed by atoms with Crippen LogP contribution in [0.25, 0.3) is 0 Å². The van der Waals surface area contributed by atoms with Crippen LogP contribution in [-0.4, -0.2) is 25.1 Å². The fourth-order valence-electron chi connectivity index (χ4n) is 3.23. The Morgan fingerprint density at radius 2 is 1.52 bits per heavy atom. The van der Waals surface area contributed by atoms with E-state index >= 15 is 0 Å². The first-order valence-electron chi connectivity index (χ1n) is 9.25. The molecule has 0 aliphatic carbocycles. The Bertz CT molecular complexity index is 1010. The number of carbonyl (C=O) groups is 1. The SMILES string of the molecule is COc1ccc(NC(=O)c2ccc(Nc3c(C)cc(C)cc3C)cn2)cc1OC. The number of rotatable bonds is 6. The van der Waals surface area contributed by atoms with Crippen LogP contribution in [-0.2, 0) is 0 Å². The van der Waals surface area contributed by atoms with Crippen molar-refractivity contribution in [2.24, 2.45) is 0 Å². The number of nitrogens with one attached hydrogen (secondary N) is 2. The molecule has 1 aromatic heterocycles. The van der Waals surface area contributed by atoms with Gasteiger partial charge in [-0.05, 0) is 56.2 Å². The minimum absolute atomic E-state index is 0.300. The van der Waals surface area contributed by atoms with E-state index in [1.807, 2.05) is 6.07 Å². The molecule has 0 fully saturated rings. The van der Waals surface area contributed by atoms with Crippen molar-refractivity contribution in [2.75, 3.05) is 24.9 Å². The molecule has 6 heteroatoms. The Labute approximate surface area is 170 Å². The predicted molar refractivity (Wildman–Crippen MR) is 116 cm³/mol. The van der Waals surface area contributed by atoms with E-state index in [0.717, 1.165) is 22.5 Å². The van der Waals surface area contributed by atoms with Crippen LogP contribution >= 0.6 is 0 Å². The van der Waals surface area contributed by atoms with E-state index in [-0.39, 0.29) is 5.91 Å². The van der Waals surface area contributed by atoms with Gasteiger partial charge < -0.3 is 20.1 Å². The Hall–Kier alpha value is -3.54. The number of nitrogens with zero attached hydrogens (tertiary/aromatic N) is 1. The number of benzene rings is 2. The van der Waals surface area contributed by atoms with Gasteiger partial charge in [-0.2, -0.15) is 0 Å². The number of aromatic nitrogens is 1. The highest BCUT2D eigenvalue weighted by Gasteiger charge is 2.11. The Kier molecular flexibility index (Phi) is 6.02. The fraction of sp³-hybridized carbons (Fsp3) is 0.217. The summed E-state index contributed by atoms with van der Waals surface area (Å²) in [7, 11) is 3.11. The topological polar surface area (TPSA) is 72.5 Å². The summed E-state index contributed by atoms with van der Waals surface area (Å²) in [5.41, 5.74) is 6.36. The zero-order chi connectivity index (χ0) is 21.0. The Morgan fingerprint density at radius 1 is 0.862 bits per heavy atom. The number of ether oxygens (including phenoxy) is 2. The average molecular weight is 391 g/mol. The van der Waals surface area contributed by atoms with Crippen LogP contribution in [0.5, 0.6) is 11.5 Å². The minimum atomic E-state index is -0.300. The first kappa shape index (κ1) is 20.2. The van der Waals surface area contributed by atoms with Crippen LogP contribution < -0.4 is 20.1 Å². The van der Waals surface area contributed by atoms with Crippen molar-refractivity contribution in [2.45, 2.75) is 20.8 Å². The van der Waals surface area contributed by atoms with E-state index in [1.54, 1.807) is 44.7 Å². The van der Waals surface area contributed by atoms with Gasteiger partial charge in [0.1, 0.15) is 5.69 Å². The second kappa shape index (κ2) is 8.65. The van der Waals surface area contributed by atoms with Crippen molar-refractivity contribution in [3.63, 3.8) is 0 Å². The van der Waals surface area contributed by atoms with E-state index in [0.29, 0.717) is 22.9 Å². The van der Waals surface area contributed by atoms with Crippen LogP contribution in [0.15, 0.2) is 48.7 Å². The third kappa shape index (κ3) is 4.66. The number of carbonyl (C=O) groups excluding carboxylic acids is 1. The van der Waals surface area contributed by atoms with Gasteiger partial charge in [0, 0.05) is 17.4 Å². The normalized spacial score (nSPS) is 10.4. The largest absolute Gasteiger partial charge is 0.493 e. The lowest BCUT2D eigenvalue weighted by molar-refractivity contribution is 0.102. The number of pyridine rings is 1. The summed E-state index contributed by atoms with van der Waals surface area (Å²) in [6.45, 7) is 6.22. The van der Waals surface area contributed by atoms with Crippen molar-refractivity contribution in [3.05, 3.63) is 71.0 Å². The standard InChI is InChI=1S/C23H25N3O3/c1-14-10-15(2)22(16(3)11-14)25-18-6-8-19(24-13-18)23(27)26-17-7-9-20(28-4)21(12-17)29-5/h6-13,25H,1-5H3,(H,26,27). The van der Waals surface area contributed by atoms with Gasteiger partial charge in [-0.15, -0.1) is 0 Å². The number of hydrogen-bond acceptors (Lipinski definition) is 5. The van der Waals surface area contributed by atoms with Crippen LogP contribution in [0.3, 0.4) is 0 Å². The molecule has 0 aliphatic heterocycles. The summed E-state index contributed by atoms with van der Waals surface area (Å²) in [6, 6.07) is 13.0. The molecule has 0 unspecified atom stereocenters. The molecule has 29 heavy (non-hydrogen) atoms. The van der Waals surface area contributed by atoms with E-state index in [2.05, 4.69) is 48.5 Å². The minimum Gasteiger partial charge on any atom is -0.493 e. The summed E-state index contributed by atoms with van der Waals surface area (Å²) < 4.78 is 10.5. The van der Waals surface area contributed by atoms with E-state index in [9.17, 15) is 4.79 Å². The number of methoxy groups -OCH3 is 2. The van der Waals surface area contributed by atoms with Crippen molar-refractivity contribution in [1.82, 2.24) is 4.98 Å². The second-order valence-electron chi connectivity index (χ2n) is 6.85. The van der Waals surface area contributed by atoms with Gasteiger partial charge in [0.25, 0.3) is 5.91 Å². The maximum atomic E-state index is 12.5. The average Bonchev–Trinajstić information content (AvgIpc) is 2.71. The molecule has 0 aliphatic rings. The van der Waals surface area contributed by atoms with Gasteiger partial charge >= 0.3 is 0 Å². The van der Waals surface area contributed by atoms with Crippen LogP contribution in [0.1, 0.15) is 27.2 Å². The predicted octanol–water partition coefficient (Wildman–Crippen LogP) is 5.02. The van der Waals surface area contributed by atoms with E-state index < -0.39 is 0 Å². The second-order valence-corrected chi connectivity index (χ2v) is 6.85. The molecular weight excluding hydrogens is 366 g/mol. The first-order chi connectivity index (χ1) is 13.9. The van der Waals surface area contributed by atoms with Gasteiger partial charge in [0.05, 0.1) is 26.1 Å². The molecular formula is C23H25N3O3. The Balaban J connectivity index is 1.72. The van der Waals surface area contributed by atoms with Crippen molar-refractivity contribution in [3.8, 4) is 11.5 Å². The molecule has 2 aromatic carbocycles. The fourth-order valence-corrected chi connectivity index (χ4v) is 3.23. The summed E-state index contributed by atoms with van der Waals surface area (Å²) in [5, 5.41) is 6.21. The molecule has 150 valence electrons. The molecule has 3 aromatic rings. The lowest BCUT2D eigenvalue weighted by Crippen LogP contribution is -2.13. The molecule has 0 saturated carbocycles. The van der Waals surface area contributed by atoms with Gasteiger partial charge in [-0.3, -0.25) is 4.79 Å². The number of hydrogen-bond donors (Lipinski definition) is 2. The van der Waals surface area contributed by atoms with Gasteiger partial charge in [-0.25, -0.2) is 4.98 Å². The number of aryl methyl sites for hydroxylation is 3. The molecule has 6 nitrogen and oxygen atoms in total. The maximum Gasteiger partial charge on any atom is 0.274 e. The third-order valence-corrected chi connectivity index (χ3v) is 4.58.